The van der Waals surface area contributed by atoms with E-state index in [0.717, 1.165) is 54.5 Å². The van der Waals surface area contributed by atoms with Crippen molar-refractivity contribution in [2.75, 3.05) is 26.2 Å². The zero-order valence-electron chi connectivity index (χ0n) is 15.5. The standard InChI is InChI=1S/C23H23F3N2/c24-23(25,26)21-10-8-18(9-11-21)22(28-14-3-12-27-13-15-28)20-7-6-17-4-1-2-5-19(17)16-20/h1-2,4-11,16,22,27H,3,12-15H2. The van der Waals surface area contributed by atoms with E-state index in [4.69, 9.17) is 0 Å². The number of nitrogens with zero attached hydrogens (tertiary/aromatic N) is 1. The summed E-state index contributed by atoms with van der Waals surface area (Å²) in [5.74, 6) is 0. The van der Waals surface area contributed by atoms with Crippen LogP contribution < -0.4 is 5.32 Å². The van der Waals surface area contributed by atoms with Gasteiger partial charge in [0.2, 0.25) is 0 Å². The third-order valence-corrected chi connectivity index (χ3v) is 5.38. The average Bonchev–Trinajstić information content (AvgIpc) is 2.97. The van der Waals surface area contributed by atoms with Crippen molar-refractivity contribution in [3.05, 3.63) is 83.4 Å². The largest absolute Gasteiger partial charge is 0.416 e. The summed E-state index contributed by atoms with van der Waals surface area (Å²) in [6.07, 6.45) is -3.30. The van der Waals surface area contributed by atoms with Gasteiger partial charge >= 0.3 is 6.18 Å². The Morgan fingerprint density at radius 2 is 1.50 bits per heavy atom. The molecule has 0 radical (unpaired) electrons. The summed E-state index contributed by atoms with van der Waals surface area (Å²) in [6, 6.07) is 20.1. The maximum Gasteiger partial charge on any atom is 0.416 e. The molecule has 0 amide bonds. The zero-order valence-corrected chi connectivity index (χ0v) is 15.5. The first-order chi connectivity index (χ1) is 13.5. The highest BCUT2D eigenvalue weighted by atomic mass is 19.4. The number of hydrogen-bond acceptors (Lipinski definition) is 2. The molecule has 1 aliphatic rings. The van der Waals surface area contributed by atoms with Crippen molar-refractivity contribution in [1.29, 1.82) is 0 Å². The Labute approximate surface area is 163 Å². The average molecular weight is 384 g/mol. The van der Waals surface area contributed by atoms with E-state index in [0.29, 0.717) is 0 Å². The van der Waals surface area contributed by atoms with E-state index >= 15 is 0 Å². The van der Waals surface area contributed by atoms with Gasteiger partial charge in [-0.1, -0.05) is 48.5 Å². The van der Waals surface area contributed by atoms with Crippen molar-refractivity contribution >= 4 is 10.8 Å². The molecule has 1 atom stereocenters. The highest BCUT2D eigenvalue weighted by Crippen LogP contribution is 2.34. The normalized spacial score (nSPS) is 17.4. The quantitative estimate of drug-likeness (QED) is 0.664. The Kier molecular flexibility index (Phi) is 5.38. The van der Waals surface area contributed by atoms with Gasteiger partial charge in [-0.15, -0.1) is 0 Å². The Morgan fingerprint density at radius 1 is 0.786 bits per heavy atom. The summed E-state index contributed by atoms with van der Waals surface area (Å²) in [5, 5.41) is 5.71. The number of rotatable bonds is 3. The van der Waals surface area contributed by atoms with Crippen molar-refractivity contribution in [3.8, 4) is 0 Å². The van der Waals surface area contributed by atoms with E-state index in [1.165, 1.54) is 12.1 Å². The Balaban J connectivity index is 1.76. The molecular formula is C23H23F3N2. The minimum atomic E-state index is -4.32. The molecule has 28 heavy (non-hydrogen) atoms. The molecule has 3 aromatic carbocycles. The number of fused-ring (bicyclic) bond motifs is 1. The van der Waals surface area contributed by atoms with Crippen molar-refractivity contribution in [1.82, 2.24) is 10.2 Å². The molecule has 2 nitrogen and oxygen atoms in total. The first-order valence-corrected chi connectivity index (χ1v) is 9.63. The second-order valence-electron chi connectivity index (χ2n) is 7.27. The minimum Gasteiger partial charge on any atom is -0.315 e. The lowest BCUT2D eigenvalue weighted by Crippen LogP contribution is -2.33. The highest BCUT2D eigenvalue weighted by Gasteiger charge is 2.31. The van der Waals surface area contributed by atoms with Crippen LogP contribution in [0.3, 0.4) is 0 Å². The molecular weight excluding hydrogens is 361 g/mol. The summed E-state index contributed by atoms with van der Waals surface area (Å²) in [4.78, 5) is 2.37. The molecule has 0 bridgehead atoms. The number of benzene rings is 3. The lowest BCUT2D eigenvalue weighted by atomic mass is 9.94. The maximum absolute atomic E-state index is 13.0. The summed E-state index contributed by atoms with van der Waals surface area (Å²) < 4.78 is 39.0. The summed E-state index contributed by atoms with van der Waals surface area (Å²) in [6.45, 7) is 3.61. The van der Waals surface area contributed by atoms with Crippen LogP contribution in [0.15, 0.2) is 66.7 Å². The summed E-state index contributed by atoms with van der Waals surface area (Å²) in [7, 11) is 0. The van der Waals surface area contributed by atoms with Gasteiger partial charge in [0.05, 0.1) is 11.6 Å². The number of alkyl halides is 3. The maximum atomic E-state index is 13.0. The smallest absolute Gasteiger partial charge is 0.315 e. The highest BCUT2D eigenvalue weighted by molar-refractivity contribution is 5.83. The van der Waals surface area contributed by atoms with Gasteiger partial charge in [0.15, 0.2) is 0 Å². The van der Waals surface area contributed by atoms with Crippen LogP contribution in [-0.2, 0) is 6.18 Å². The van der Waals surface area contributed by atoms with Gasteiger partial charge in [0, 0.05) is 19.6 Å². The second kappa shape index (κ2) is 7.94. The van der Waals surface area contributed by atoms with Crippen LogP contribution in [0, 0.1) is 0 Å². The van der Waals surface area contributed by atoms with Crippen LogP contribution in [0.2, 0.25) is 0 Å². The van der Waals surface area contributed by atoms with Crippen molar-refractivity contribution in [2.45, 2.75) is 18.6 Å². The number of hydrogen-bond donors (Lipinski definition) is 1. The molecule has 146 valence electrons. The molecule has 1 aliphatic heterocycles. The first-order valence-electron chi connectivity index (χ1n) is 9.63. The number of halogens is 3. The Bertz CT molecular complexity index is 926. The molecule has 1 saturated heterocycles. The molecule has 3 aromatic rings. The zero-order chi connectivity index (χ0) is 19.6. The van der Waals surface area contributed by atoms with Gasteiger partial charge in [0.25, 0.3) is 0 Å². The van der Waals surface area contributed by atoms with Gasteiger partial charge in [0.1, 0.15) is 0 Å². The SMILES string of the molecule is FC(F)(F)c1ccc(C(c2ccc3ccccc3c2)N2CCCNCC2)cc1. The predicted molar refractivity (Wildman–Crippen MR) is 106 cm³/mol. The molecule has 0 aromatic heterocycles. The molecule has 1 unspecified atom stereocenters. The van der Waals surface area contributed by atoms with Crippen LogP contribution in [-0.4, -0.2) is 31.1 Å². The van der Waals surface area contributed by atoms with Gasteiger partial charge in [-0.05, 0) is 53.1 Å². The second-order valence-corrected chi connectivity index (χ2v) is 7.27. The summed E-state index contributed by atoms with van der Waals surface area (Å²) >= 11 is 0. The fourth-order valence-electron chi connectivity index (χ4n) is 3.97. The predicted octanol–water partition coefficient (Wildman–Crippen LogP) is 5.24. The van der Waals surface area contributed by atoms with E-state index in [1.807, 2.05) is 12.1 Å². The van der Waals surface area contributed by atoms with Gasteiger partial charge < -0.3 is 5.32 Å². The molecule has 0 spiro atoms. The third-order valence-electron chi connectivity index (χ3n) is 5.38. The summed E-state index contributed by atoms with van der Waals surface area (Å²) in [5.41, 5.74) is 1.40. The topological polar surface area (TPSA) is 15.3 Å². The number of nitrogens with one attached hydrogen (secondary N) is 1. The van der Waals surface area contributed by atoms with Crippen LogP contribution in [0.4, 0.5) is 13.2 Å². The fraction of sp³-hybridized carbons (Fsp3) is 0.304. The minimum absolute atomic E-state index is 0.0632. The van der Waals surface area contributed by atoms with E-state index in [-0.39, 0.29) is 6.04 Å². The molecule has 5 heteroatoms. The molecule has 1 N–H and O–H groups in total. The van der Waals surface area contributed by atoms with Crippen LogP contribution in [0.25, 0.3) is 10.8 Å². The molecule has 4 rings (SSSR count). The van der Waals surface area contributed by atoms with Crippen molar-refractivity contribution in [2.24, 2.45) is 0 Å². The van der Waals surface area contributed by atoms with E-state index in [2.05, 4.69) is 40.5 Å². The van der Waals surface area contributed by atoms with Gasteiger partial charge in [-0.3, -0.25) is 4.90 Å². The van der Waals surface area contributed by atoms with E-state index in [9.17, 15) is 13.2 Å². The lowest BCUT2D eigenvalue weighted by molar-refractivity contribution is -0.137. The fourth-order valence-corrected chi connectivity index (χ4v) is 3.97. The van der Waals surface area contributed by atoms with Crippen LogP contribution in [0.1, 0.15) is 29.2 Å². The van der Waals surface area contributed by atoms with E-state index in [1.54, 1.807) is 12.1 Å². The third kappa shape index (κ3) is 4.05. The van der Waals surface area contributed by atoms with Crippen molar-refractivity contribution < 1.29 is 13.2 Å². The molecule has 0 aliphatic carbocycles. The van der Waals surface area contributed by atoms with Crippen LogP contribution >= 0.6 is 0 Å². The van der Waals surface area contributed by atoms with Gasteiger partial charge in [-0.2, -0.15) is 13.2 Å². The van der Waals surface area contributed by atoms with Crippen molar-refractivity contribution in [3.63, 3.8) is 0 Å². The molecule has 1 fully saturated rings. The van der Waals surface area contributed by atoms with Gasteiger partial charge in [-0.25, -0.2) is 0 Å². The lowest BCUT2D eigenvalue weighted by Gasteiger charge is -2.31. The van der Waals surface area contributed by atoms with Crippen LogP contribution in [0.5, 0.6) is 0 Å². The molecule has 0 saturated carbocycles. The Morgan fingerprint density at radius 3 is 2.25 bits per heavy atom. The monoisotopic (exact) mass is 384 g/mol. The molecule has 1 heterocycles. The van der Waals surface area contributed by atoms with E-state index < -0.39 is 11.7 Å². The first kappa shape index (κ1) is 19.0. The Hall–Kier alpha value is -2.37.